The van der Waals surface area contributed by atoms with Gasteiger partial charge >= 0.3 is 0 Å². The zero-order chi connectivity index (χ0) is 19.3. The molecule has 0 radical (unpaired) electrons. The Kier molecular flexibility index (Phi) is 5.37. The third kappa shape index (κ3) is 4.06. The van der Waals surface area contributed by atoms with E-state index in [4.69, 9.17) is 0 Å². The van der Waals surface area contributed by atoms with Crippen LogP contribution in [-0.2, 0) is 11.2 Å². The molecule has 0 bridgehead atoms. The van der Waals surface area contributed by atoms with Gasteiger partial charge in [-0.15, -0.1) is 0 Å². The van der Waals surface area contributed by atoms with Gasteiger partial charge in [-0.05, 0) is 36.2 Å². The van der Waals surface area contributed by atoms with Gasteiger partial charge in [-0.2, -0.15) is 5.10 Å². The van der Waals surface area contributed by atoms with E-state index in [1.165, 1.54) is 6.07 Å². The smallest absolute Gasteiger partial charge is 0.223 e. The normalized spacial score (nSPS) is 14.3. The largest absolute Gasteiger partial charge is 0.366 e. The highest BCUT2D eigenvalue weighted by Gasteiger charge is 2.22. The second kappa shape index (κ2) is 8.25. The molecule has 1 fully saturated rings. The molecule has 1 amide bonds. The van der Waals surface area contributed by atoms with Crippen LogP contribution < -0.4 is 4.90 Å². The highest BCUT2D eigenvalue weighted by atomic mass is 19.1. The zero-order valence-corrected chi connectivity index (χ0v) is 15.7. The van der Waals surface area contributed by atoms with E-state index in [0.717, 1.165) is 11.3 Å². The number of aryl methyl sites for hydroxylation is 1. The van der Waals surface area contributed by atoms with Gasteiger partial charge in [0.05, 0.1) is 17.6 Å². The molecule has 0 unspecified atom stereocenters. The van der Waals surface area contributed by atoms with Crippen molar-refractivity contribution in [3.63, 3.8) is 0 Å². The first-order valence-corrected chi connectivity index (χ1v) is 9.57. The number of halogens is 1. The van der Waals surface area contributed by atoms with E-state index in [-0.39, 0.29) is 11.7 Å². The molecule has 0 N–H and O–H groups in total. The fourth-order valence-electron chi connectivity index (χ4n) is 3.53. The lowest BCUT2D eigenvalue weighted by Crippen LogP contribution is -2.49. The molecule has 3 aromatic rings. The van der Waals surface area contributed by atoms with Crippen LogP contribution in [0.1, 0.15) is 12.0 Å². The average molecular weight is 378 g/mol. The summed E-state index contributed by atoms with van der Waals surface area (Å²) in [6.45, 7) is 2.55. The second-order valence-corrected chi connectivity index (χ2v) is 6.95. The highest BCUT2D eigenvalue weighted by molar-refractivity contribution is 5.76. The molecular formula is C22H23FN4O. The molecule has 5 nitrogen and oxygen atoms in total. The van der Waals surface area contributed by atoms with Crippen LogP contribution >= 0.6 is 0 Å². The van der Waals surface area contributed by atoms with Crippen LogP contribution in [0.4, 0.5) is 10.1 Å². The molecule has 6 heteroatoms. The lowest BCUT2D eigenvalue weighted by Gasteiger charge is -2.36. The Morgan fingerprint density at radius 3 is 2.43 bits per heavy atom. The van der Waals surface area contributed by atoms with Crippen molar-refractivity contribution in [1.82, 2.24) is 14.7 Å². The predicted molar refractivity (Wildman–Crippen MR) is 107 cm³/mol. The van der Waals surface area contributed by atoms with Crippen LogP contribution in [-0.4, -0.2) is 46.8 Å². The summed E-state index contributed by atoms with van der Waals surface area (Å²) in [6.07, 6.45) is 4.91. The van der Waals surface area contributed by atoms with Crippen LogP contribution in [0, 0.1) is 5.82 Å². The van der Waals surface area contributed by atoms with Crippen molar-refractivity contribution in [2.75, 3.05) is 31.1 Å². The monoisotopic (exact) mass is 378 g/mol. The van der Waals surface area contributed by atoms with Gasteiger partial charge in [0.1, 0.15) is 5.82 Å². The fourth-order valence-corrected chi connectivity index (χ4v) is 3.53. The van der Waals surface area contributed by atoms with Crippen LogP contribution in [0.3, 0.4) is 0 Å². The lowest BCUT2D eigenvalue weighted by molar-refractivity contribution is -0.131. The minimum Gasteiger partial charge on any atom is -0.366 e. The number of para-hydroxylation sites is 2. The number of carbonyl (C=O) groups is 1. The summed E-state index contributed by atoms with van der Waals surface area (Å²) in [5.74, 6) is -0.0710. The highest BCUT2D eigenvalue weighted by Crippen LogP contribution is 2.20. The van der Waals surface area contributed by atoms with E-state index in [2.05, 4.69) is 5.10 Å². The van der Waals surface area contributed by atoms with Crippen LogP contribution in [0.2, 0.25) is 0 Å². The Hall–Kier alpha value is -3.15. The number of rotatable bonds is 5. The number of hydrogen-bond donors (Lipinski definition) is 0. The molecule has 1 aromatic heterocycles. The number of nitrogens with zero attached hydrogens (tertiary/aromatic N) is 4. The quantitative estimate of drug-likeness (QED) is 0.684. The fraction of sp³-hybridized carbons (Fsp3) is 0.273. The van der Waals surface area contributed by atoms with E-state index in [1.54, 1.807) is 12.1 Å². The maximum absolute atomic E-state index is 13.9. The van der Waals surface area contributed by atoms with Crippen molar-refractivity contribution in [2.45, 2.75) is 12.8 Å². The van der Waals surface area contributed by atoms with Crippen molar-refractivity contribution in [2.24, 2.45) is 0 Å². The number of benzene rings is 2. The molecule has 0 atom stereocenters. The molecule has 2 aromatic carbocycles. The van der Waals surface area contributed by atoms with Gasteiger partial charge < -0.3 is 9.80 Å². The Morgan fingerprint density at radius 1 is 0.964 bits per heavy atom. The van der Waals surface area contributed by atoms with Crippen molar-refractivity contribution >= 4 is 11.6 Å². The lowest BCUT2D eigenvalue weighted by atomic mass is 10.1. The minimum absolute atomic E-state index is 0.139. The molecule has 144 valence electrons. The first kappa shape index (κ1) is 18.2. The number of piperazine rings is 1. The van der Waals surface area contributed by atoms with Gasteiger partial charge in [-0.25, -0.2) is 9.07 Å². The van der Waals surface area contributed by atoms with Gasteiger partial charge in [0.25, 0.3) is 0 Å². The van der Waals surface area contributed by atoms with Crippen LogP contribution in [0.25, 0.3) is 5.69 Å². The van der Waals surface area contributed by atoms with Gasteiger partial charge in [-0.3, -0.25) is 4.79 Å². The summed E-state index contributed by atoms with van der Waals surface area (Å²) in [7, 11) is 0. The van der Waals surface area contributed by atoms with Crippen LogP contribution in [0.15, 0.2) is 67.0 Å². The maximum Gasteiger partial charge on any atom is 0.223 e. The Morgan fingerprint density at radius 2 is 1.68 bits per heavy atom. The molecule has 28 heavy (non-hydrogen) atoms. The third-order valence-corrected chi connectivity index (χ3v) is 5.11. The number of aromatic nitrogens is 2. The molecule has 0 spiro atoms. The molecule has 1 aliphatic rings. The van der Waals surface area contributed by atoms with E-state index >= 15 is 0 Å². The number of carbonyl (C=O) groups excluding carboxylic acids is 1. The summed E-state index contributed by atoms with van der Waals surface area (Å²) < 4.78 is 15.8. The molecule has 0 saturated carbocycles. The Labute approximate surface area is 164 Å². The summed E-state index contributed by atoms with van der Waals surface area (Å²) in [4.78, 5) is 16.4. The Bertz CT molecular complexity index is 932. The summed E-state index contributed by atoms with van der Waals surface area (Å²) >= 11 is 0. The van der Waals surface area contributed by atoms with Gasteiger partial charge in [-0.1, -0.05) is 30.3 Å². The molecule has 4 rings (SSSR count). The van der Waals surface area contributed by atoms with Crippen LogP contribution in [0.5, 0.6) is 0 Å². The molecule has 2 heterocycles. The summed E-state index contributed by atoms with van der Waals surface area (Å²) in [5.41, 5.74) is 2.66. The summed E-state index contributed by atoms with van der Waals surface area (Å²) in [5, 5.41) is 4.38. The number of anilines is 1. The van der Waals surface area contributed by atoms with E-state index < -0.39 is 0 Å². The van der Waals surface area contributed by atoms with E-state index in [0.29, 0.717) is 44.7 Å². The first-order valence-electron chi connectivity index (χ1n) is 9.57. The molecule has 1 saturated heterocycles. The zero-order valence-electron chi connectivity index (χ0n) is 15.7. The number of amides is 1. The van der Waals surface area contributed by atoms with Gasteiger partial charge in [0.2, 0.25) is 5.91 Å². The van der Waals surface area contributed by atoms with Crippen molar-refractivity contribution in [3.05, 3.63) is 78.4 Å². The van der Waals surface area contributed by atoms with Gasteiger partial charge in [0, 0.05) is 38.8 Å². The first-order chi connectivity index (χ1) is 13.7. The van der Waals surface area contributed by atoms with Gasteiger partial charge in [0.15, 0.2) is 0 Å². The van der Waals surface area contributed by atoms with Crippen molar-refractivity contribution < 1.29 is 9.18 Å². The minimum atomic E-state index is -0.210. The van der Waals surface area contributed by atoms with Crippen molar-refractivity contribution in [3.8, 4) is 5.69 Å². The standard InChI is InChI=1S/C22H23FN4O/c23-20-8-4-5-9-21(20)25-12-14-26(15-13-25)22(28)11-10-18-16-24-27(17-18)19-6-2-1-3-7-19/h1-9,16-17H,10-15H2. The average Bonchev–Trinajstić information content (AvgIpc) is 3.22. The molecule has 0 aliphatic carbocycles. The number of hydrogen-bond acceptors (Lipinski definition) is 3. The second-order valence-electron chi connectivity index (χ2n) is 6.95. The SMILES string of the molecule is O=C(CCc1cnn(-c2ccccc2)c1)N1CCN(c2ccccc2F)CC1. The summed E-state index contributed by atoms with van der Waals surface area (Å²) in [6, 6.07) is 16.7. The van der Waals surface area contributed by atoms with Crippen molar-refractivity contribution in [1.29, 1.82) is 0 Å². The topological polar surface area (TPSA) is 41.4 Å². The van der Waals surface area contributed by atoms with E-state index in [1.807, 2.05) is 63.3 Å². The Balaban J connectivity index is 1.28. The third-order valence-electron chi connectivity index (χ3n) is 5.11. The van der Waals surface area contributed by atoms with E-state index in [9.17, 15) is 9.18 Å². The molecular weight excluding hydrogens is 355 g/mol. The maximum atomic E-state index is 13.9. The predicted octanol–water partition coefficient (Wildman–Crippen LogP) is 3.29. The molecule has 1 aliphatic heterocycles.